The highest BCUT2D eigenvalue weighted by Crippen LogP contribution is 2.29. The summed E-state index contributed by atoms with van der Waals surface area (Å²) in [5.41, 5.74) is 1.94. The monoisotopic (exact) mass is 344 g/mol. The number of methoxy groups -OCH3 is 1. The summed E-state index contributed by atoms with van der Waals surface area (Å²) in [6.07, 6.45) is 4.96. The fourth-order valence-corrected chi connectivity index (χ4v) is 2.54. The molecule has 0 amide bonds. The molecule has 1 aliphatic rings. The summed E-state index contributed by atoms with van der Waals surface area (Å²) in [6.45, 7) is 0.357. The number of carbonyl (C=O) groups excluding carboxylic acids is 1. The highest BCUT2D eigenvalue weighted by atomic mass is 35.5. The van der Waals surface area contributed by atoms with Gasteiger partial charge in [0.25, 0.3) is 0 Å². The Bertz CT molecular complexity index is 856. The second-order valence-corrected chi connectivity index (χ2v) is 5.67. The first-order valence-corrected chi connectivity index (χ1v) is 7.63. The van der Waals surface area contributed by atoms with Gasteiger partial charge in [0.05, 0.1) is 7.11 Å². The van der Waals surface area contributed by atoms with Crippen molar-refractivity contribution in [3.05, 3.63) is 76.1 Å². The van der Waals surface area contributed by atoms with Crippen molar-refractivity contribution >= 4 is 23.5 Å². The largest absolute Gasteiger partial charge is 0.494 e. The molecule has 0 radical (unpaired) electrons. The van der Waals surface area contributed by atoms with E-state index < -0.39 is 5.82 Å². The summed E-state index contributed by atoms with van der Waals surface area (Å²) in [5.74, 6) is -0.0117. The van der Waals surface area contributed by atoms with Crippen LogP contribution < -0.4 is 9.47 Å². The third-order valence-corrected chi connectivity index (χ3v) is 3.83. The number of hydrogen-bond acceptors (Lipinski definition) is 3. The van der Waals surface area contributed by atoms with Gasteiger partial charge < -0.3 is 9.47 Å². The average Bonchev–Trinajstić information content (AvgIpc) is 2.59. The fraction of sp³-hybridized carbons (Fsp3) is 0.105. The van der Waals surface area contributed by atoms with Gasteiger partial charge in [0.1, 0.15) is 12.4 Å². The van der Waals surface area contributed by atoms with E-state index in [1.54, 1.807) is 24.3 Å². The van der Waals surface area contributed by atoms with E-state index in [1.807, 2.05) is 6.08 Å². The first-order valence-electron chi connectivity index (χ1n) is 7.25. The van der Waals surface area contributed by atoms with Gasteiger partial charge in [-0.3, -0.25) is 4.79 Å². The van der Waals surface area contributed by atoms with Gasteiger partial charge in [-0.2, -0.15) is 0 Å². The first kappa shape index (κ1) is 16.3. The molecule has 0 aromatic heterocycles. The molecule has 0 saturated carbocycles. The quantitative estimate of drug-likeness (QED) is 0.595. The fourth-order valence-electron chi connectivity index (χ4n) is 2.36. The summed E-state index contributed by atoms with van der Waals surface area (Å²) in [5, 5.41) is 0.614. The SMILES string of the molecule is COc1ccc(C(=O)C=CC2=Cc3cc(Cl)ccc3OC2)cc1F. The van der Waals surface area contributed by atoms with Crippen molar-refractivity contribution < 1.29 is 18.7 Å². The molecule has 2 aromatic carbocycles. The van der Waals surface area contributed by atoms with E-state index in [4.69, 9.17) is 21.1 Å². The van der Waals surface area contributed by atoms with Crippen molar-refractivity contribution in [2.45, 2.75) is 0 Å². The van der Waals surface area contributed by atoms with Crippen LogP contribution in [-0.4, -0.2) is 19.5 Å². The molecule has 0 bridgehead atoms. The number of ketones is 1. The third-order valence-electron chi connectivity index (χ3n) is 3.59. The Morgan fingerprint density at radius 3 is 2.88 bits per heavy atom. The maximum absolute atomic E-state index is 13.7. The molecule has 0 saturated heterocycles. The molecule has 24 heavy (non-hydrogen) atoms. The Morgan fingerprint density at radius 1 is 1.29 bits per heavy atom. The first-order chi connectivity index (χ1) is 11.6. The van der Waals surface area contributed by atoms with Gasteiger partial charge in [0.15, 0.2) is 17.3 Å². The van der Waals surface area contributed by atoms with Crippen LogP contribution in [0, 0.1) is 5.82 Å². The van der Waals surface area contributed by atoms with Crippen LogP contribution in [0.3, 0.4) is 0 Å². The van der Waals surface area contributed by atoms with Crippen molar-refractivity contribution in [1.29, 1.82) is 0 Å². The van der Waals surface area contributed by atoms with Gasteiger partial charge >= 0.3 is 0 Å². The molecule has 1 heterocycles. The maximum atomic E-state index is 13.7. The van der Waals surface area contributed by atoms with Crippen molar-refractivity contribution in [3.63, 3.8) is 0 Å². The van der Waals surface area contributed by atoms with Crippen LogP contribution in [-0.2, 0) is 0 Å². The molecule has 2 aromatic rings. The zero-order valence-corrected chi connectivity index (χ0v) is 13.6. The Kier molecular flexibility index (Phi) is 4.67. The predicted octanol–water partition coefficient (Wildman–Crippen LogP) is 4.70. The molecule has 1 aliphatic heterocycles. The van der Waals surface area contributed by atoms with Gasteiger partial charge in [-0.25, -0.2) is 4.39 Å². The molecule has 5 heteroatoms. The molecular weight excluding hydrogens is 331 g/mol. The molecule has 0 atom stereocenters. The number of fused-ring (bicyclic) bond motifs is 1. The molecule has 3 nitrogen and oxygen atoms in total. The van der Waals surface area contributed by atoms with Crippen molar-refractivity contribution in [2.75, 3.05) is 13.7 Å². The van der Waals surface area contributed by atoms with E-state index in [0.29, 0.717) is 11.6 Å². The Hall–Kier alpha value is -2.59. The second kappa shape index (κ2) is 6.89. The minimum absolute atomic E-state index is 0.104. The van der Waals surface area contributed by atoms with Gasteiger partial charge in [-0.05, 0) is 54.1 Å². The number of ether oxygens (including phenoxy) is 2. The Balaban J connectivity index is 1.78. The van der Waals surface area contributed by atoms with Crippen molar-refractivity contribution in [2.24, 2.45) is 0 Å². The maximum Gasteiger partial charge on any atom is 0.185 e. The minimum atomic E-state index is -0.569. The van der Waals surface area contributed by atoms with E-state index in [9.17, 15) is 9.18 Å². The summed E-state index contributed by atoms with van der Waals surface area (Å²) in [4.78, 5) is 12.2. The zero-order chi connectivity index (χ0) is 17.1. The topological polar surface area (TPSA) is 35.5 Å². The second-order valence-electron chi connectivity index (χ2n) is 5.24. The summed E-state index contributed by atoms with van der Waals surface area (Å²) in [7, 11) is 1.37. The molecule has 0 unspecified atom stereocenters. The van der Waals surface area contributed by atoms with Crippen molar-refractivity contribution in [1.82, 2.24) is 0 Å². The number of carbonyl (C=O) groups is 1. The van der Waals surface area contributed by atoms with E-state index in [1.165, 1.54) is 25.3 Å². The lowest BCUT2D eigenvalue weighted by molar-refractivity contribution is 0.104. The molecule has 0 spiro atoms. The van der Waals surface area contributed by atoms with Gasteiger partial charge in [-0.15, -0.1) is 0 Å². The van der Waals surface area contributed by atoms with Gasteiger partial charge in [-0.1, -0.05) is 17.7 Å². The molecule has 3 rings (SSSR count). The number of benzene rings is 2. The molecule has 0 fully saturated rings. The lowest BCUT2D eigenvalue weighted by Crippen LogP contribution is -2.06. The molecule has 0 N–H and O–H groups in total. The summed E-state index contributed by atoms with van der Waals surface area (Å²) >= 11 is 5.97. The lowest BCUT2D eigenvalue weighted by atomic mass is 10.1. The van der Waals surface area contributed by atoms with Gasteiger partial charge in [0.2, 0.25) is 0 Å². The van der Waals surface area contributed by atoms with E-state index in [2.05, 4.69) is 0 Å². The normalized spacial score (nSPS) is 13.2. The average molecular weight is 345 g/mol. The van der Waals surface area contributed by atoms with Crippen LogP contribution in [0.25, 0.3) is 6.08 Å². The third kappa shape index (κ3) is 3.49. The predicted molar refractivity (Wildman–Crippen MR) is 91.3 cm³/mol. The van der Waals surface area contributed by atoms with Crippen LogP contribution in [0.1, 0.15) is 15.9 Å². The van der Waals surface area contributed by atoms with Crippen LogP contribution in [0.4, 0.5) is 4.39 Å². The highest BCUT2D eigenvalue weighted by molar-refractivity contribution is 6.30. The summed E-state index contributed by atoms with van der Waals surface area (Å²) in [6, 6.07) is 9.47. The zero-order valence-electron chi connectivity index (χ0n) is 12.9. The smallest absolute Gasteiger partial charge is 0.185 e. The van der Waals surface area contributed by atoms with E-state index in [0.717, 1.165) is 23.0 Å². The molecule has 122 valence electrons. The minimum Gasteiger partial charge on any atom is -0.494 e. The van der Waals surface area contributed by atoms with Crippen LogP contribution >= 0.6 is 11.6 Å². The molecule has 0 aliphatic carbocycles. The number of allylic oxidation sites excluding steroid dienone is 1. The van der Waals surface area contributed by atoms with Crippen LogP contribution in [0.5, 0.6) is 11.5 Å². The number of rotatable bonds is 4. The van der Waals surface area contributed by atoms with Gasteiger partial charge in [0, 0.05) is 16.1 Å². The van der Waals surface area contributed by atoms with E-state index in [-0.39, 0.29) is 17.1 Å². The standard InChI is InChI=1S/C19H14ClFO3/c1-23-19-6-3-13(10-16(19)21)17(22)5-2-12-8-14-9-15(20)4-7-18(14)24-11-12/h2-10H,11H2,1H3. The Morgan fingerprint density at radius 2 is 2.12 bits per heavy atom. The van der Waals surface area contributed by atoms with E-state index >= 15 is 0 Å². The number of halogens is 2. The van der Waals surface area contributed by atoms with Crippen LogP contribution in [0.15, 0.2) is 54.1 Å². The highest BCUT2D eigenvalue weighted by Gasteiger charge is 2.11. The molecular formula is C19H14ClFO3. The lowest BCUT2D eigenvalue weighted by Gasteiger charge is -2.16. The summed E-state index contributed by atoms with van der Waals surface area (Å²) < 4.78 is 24.1. The van der Waals surface area contributed by atoms with Crippen LogP contribution in [0.2, 0.25) is 5.02 Å². The van der Waals surface area contributed by atoms with Crippen molar-refractivity contribution in [3.8, 4) is 11.5 Å². The number of hydrogen-bond donors (Lipinski definition) is 0. The Labute approximate surface area is 144 Å².